The van der Waals surface area contributed by atoms with Crippen LogP contribution in [0, 0.1) is 0 Å². The number of nitrogens with zero attached hydrogens (tertiary/aromatic N) is 2. The van der Waals surface area contributed by atoms with Crippen LogP contribution in [0.4, 0.5) is 17.6 Å². The summed E-state index contributed by atoms with van der Waals surface area (Å²) in [5.74, 6) is 1.77. The Kier molecular flexibility index (Phi) is 2.86. The van der Waals surface area contributed by atoms with E-state index in [0.717, 1.165) is 11.3 Å². The maximum absolute atomic E-state index is 5.63. The van der Waals surface area contributed by atoms with Gasteiger partial charge in [0.1, 0.15) is 11.6 Å². The molecule has 3 rings (SSSR count). The summed E-state index contributed by atoms with van der Waals surface area (Å²) in [5.41, 5.74) is 7.66. The summed E-state index contributed by atoms with van der Waals surface area (Å²) in [6.07, 6.45) is 1.78. The zero-order valence-electron chi connectivity index (χ0n) is 10.2. The third-order valence-corrected chi connectivity index (χ3v) is 2.68. The first kappa shape index (κ1) is 11.3. The molecule has 0 amide bonds. The van der Waals surface area contributed by atoms with Gasteiger partial charge in [0.15, 0.2) is 0 Å². The highest BCUT2D eigenvalue weighted by atomic mass is 15.2. The number of aromatic nitrogens is 3. The third-order valence-electron chi connectivity index (χ3n) is 2.68. The molecule has 0 atom stereocenters. The van der Waals surface area contributed by atoms with E-state index in [4.69, 9.17) is 5.73 Å². The highest BCUT2D eigenvalue weighted by Gasteiger charge is 2.03. The topological polar surface area (TPSA) is 79.6 Å². The van der Waals surface area contributed by atoms with E-state index in [-0.39, 0.29) is 0 Å². The Hall–Kier alpha value is -2.82. The van der Waals surface area contributed by atoms with Crippen LogP contribution in [0.25, 0.3) is 11.3 Å². The molecule has 19 heavy (non-hydrogen) atoms. The molecule has 2 heterocycles. The van der Waals surface area contributed by atoms with Gasteiger partial charge in [-0.1, -0.05) is 36.4 Å². The van der Waals surface area contributed by atoms with Crippen molar-refractivity contribution in [2.45, 2.75) is 0 Å². The minimum atomic E-state index is 0.472. The van der Waals surface area contributed by atoms with Crippen molar-refractivity contribution in [3.8, 4) is 11.3 Å². The van der Waals surface area contributed by atoms with E-state index in [9.17, 15) is 0 Å². The minimum Gasteiger partial charge on any atom is -0.384 e. The van der Waals surface area contributed by atoms with Crippen LogP contribution in [0.2, 0.25) is 0 Å². The molecule has 5 nitrogen and oxygen atoms in total. The summed E-state index contributed by atoms with van der Waals surface area (Å²) in [4.78, 5) is 11.6. The van der Waals surface area contributed by atoms with Crippen molar-refractivity contribution in [1.29, 1.82) is 0 Å². The van der Waals surface area contributed by atoms with Crippen molar-refractivity contribution < 1.29 is 0 Å². The van der Waals surface area contributed by atoms with Gasteiger partial charge in [0.05, 0.1) is 11.9 Å². The van der Waals surface area contributed by atoms with E-state index >= 15 is 0 Å². The lowest BCUT2D eigenvalue weighted by Crippen LogP contribution is -1.97. The second-order valence-corrected chi connectivity index (χ2v) is 4.08. The molecule has 0 spiro atoms. The number of H-pyrrole nitrogens is 1. The molecule has 0 aliphatic carbocycles. The Bertz CT molecular complexity index is 675. The van der Waals surface area contributed by atoms with E-state index in [0.29, 0.717) is 17.6 Å². The fraction of sp³-hybridized carbons (Fsp3) is 0. The molecule has 5 heteroatoms. The van der Waals surface area contributed by atoms with E-state index in [2.05, 4.69) is 20.3 Å². The summed E-state index contributed by atoms with van der Waals surface area (Å²) in [6, 6.07) is 15.4. The van der Waals surface area contributed by atoms with Gasteiger partial charge in [0.2, 0.25) is 5.95 Å². The Labute approximate surface area is 110 Å². The summed E-state index contributed by atoms with van der Waals surface area (Å²) >= 11 is 0. The number of hydrogen-bond acceptors (Lipinski definition) is 4. The van der Waals surface area contributed by atoms with Gasteiger partial charge in [-0.2, -0.15) is 0 Å². The van der Waals surface area contributed by atoms with E-state index < -0.39 is 0 Å². The van der Waals surface area contributed by atoms with Crippen LogP contribution in [0.1, 0.15) is 0 Å². The molecule has 0 bridgehead atoms. The maximum Gasteiger partial charge on any atom is 0.206 e. The van der Waals surface area contributed by atoms with Gasteiger partial charge in [-0.3, -0.25) is 0 Å². The van der Waals surface area contributed by atoms with Gasteiger partial charge in [-0.25, -0.2) is 9.97 Å². The van der Waals surface area contributed by atoms with Crippen molar-refractivity contribution >= 4 is 17.6 Å². The van der Waals surface area contributed by atoms with Crippen LogP contribution in [0.3, 0.4) is 0 Å². The second kappa shape index (κ2) is 4.81. The Morgan fingerprint density at radius 1 is 1.00 bits per heavy atom. The average molecular weight is 251 g/mol. The van der Waals surface area contributed by atoms with Crippen LogP contribution in [0.15, 0.2) is 54.7 Å². The number of benzene rings is 1. The smallest absolute Gasteiger partial charge is 0.206 e. The number of imidazole rings is 1. The highest BCUT2D eigenvalue weighted by molar-refractivity contribution is 5.61. The number of nitrogens with one attached hydrogen (secondary N) is 2. The van der Waals surface area contributed by atoms with Crippen LogP contribution < -0.4 is 11.1 Å². The minimum absolute atomic E-state index is 0.472. The second-order valence-electron chi connectivity index (χ2n) is 4.08. The molecule has 0 saturated carbocycles. The van der Waals surface area contributed by atoms with Crippen LogP contribution in [0.5, 0.6) is 0 Å². The van der Waals surface area contributed by atoms with Gasteiger partial charge >= 0.3 is 0 Å². The first-order valence-electron chi connectivity index (χ1n) is 5.91. The molecule has 0 aliphatic heterocycles. The highest BCUT2D eigenvalue weighted by Crippen LogP contribution is 2.19. The number of hydrogen-bond donors (Lipinski definition) is 3. The molecule has 0 aliphatic rings. The lowest BCUT2D eigenvalue weighted by Gasteiger charge is -2.02. The average Bonchev–Trinajstić information content (AvgIpc) is 2.88. The zero-order valence-corrected chi connectivity index (χ0v) is 10.2. The number of nitrogen functional groups attached to an aromatic ring is 1. The predicted octanol–water partition coefficient (Wildman–Crippen LogP) is 2.80. The molecule has 94 valence electrons. The van der Waals surface area contributed by atoms with Gasteiger partial charge in [-0.15, -0.1) is 0 Å². The molecular formula is C14H13N5. The maximum atomic E-state index is 5.63. The molecule has 4 N–H and O–H groups in total. The molecule has 0 fully saturated rings. The van der Waals surface area contributed by atoms with E-state index in [1.165, 1.54) is 0 Å². The van der Waals surface area contributed by atoms with Crippen molar-refractivity contribution in [2.24, 2.45) is 0 Å². The van der Waals surface area contributed by atoms with Crippen molar-refractivity contribution in [2.75, 3.05) is 11.1 Å². The lowest BCUT2D eigenvalue weighted by molar-refractivity contribution is 1.24. The fourth-order valence-corrected chi connectivity index (χ4v) is 1.79. The molecule has 3 aromatic rings. The van der Waals surface area contributed by atoms with E-state index in [1.54, 1.807) is 12.3 Å². The summed E-state index contributed by atoms with van der Waals surface area (Å²) in [5, 5.41) is 3.08. The molecule has 2 aromatic heterocycles. The fourth-order valence-electron chi connectivity index (χ4n) is 1.79. The SMILES string of the molecule is Nc1cccc(Nc2ncc(-c3ccccc3)[nH]2)n1. The quantitative estimate of drug-likeness (QED) is 0.668. The normalized spacial score (nSPS) is 10.3. The Morgan fingerprint density at radius 2 is 1.84 bits per heavy atom. The first-order valence-corrected chi connectivity index (χ1v) is 5.91. The van der Waals surface area contributed by atoms with Gasteiger partial charge in [-0.05, 0) is 17.7 Å². The zero-order chi connectivity index (χ0) is 13.1. The Morgan fingerprint density at radius 3 is 2.63 bits per heavy atom. The van der Waals surface area contributed by atoms with Crippen LogP contribution in [-0.4, -0.2) is 15.0 Å². The van der Waals surface area contributed by atoms with Crippen molar-refractivity contribution in [1.82, 2.24) is 15.0 Å². The van der Waals surface area contributed by atoms with E-state index in [1.807, 2.05) is 42.5 Å². The summed E-state index contributed by atoms with van der Waals surface area (Å²) in [7, 11) is 0. The molecule has 0 radical (unpaired) electrons. The largest absolute Gasteiger partial charge is 0.384 e. The summed E-state index contributed by atoms with van der Waals surface area (Å²) < 4.78 is 0. The monoisotopic (exact) mass is 251 g/mol. The number of nitrogens with two attached hydrogens (primary N) is 1. The summed E-state index contributed by atoms with van der Waals surface area (Å²) in [6.45, 7) is 0. The number of rotatable bonds is 3. The Balaban J connectivity index is 1.82. The molecule has 0 unspecified atom stereocenters. The van der Waals surface area contributed by atoms with Gasteiger partial charge in [0, 0.05) is 0 Å². The number of aromatic amines is 1. The number of anilines is 3. The van der Waals surface area contributed by atoms with Crippen LogP contribution >= 0.6 is 0 Å². The number of pyridine rings is 1. The lowest BCUT2D eigenvalue weighted by atomic mass is 10.2. The van der Waals surface area contributed by atoms with Gasteiger partial charge < -0.3 is 16.0 Å². The van der Waals surface area contributed by atoms with Crippen molar-refractivity contribution in [3.63, 3.8) is 0 Å². The third kappa shape index (κ3) is 2.55. The van der Waals surface area contributed by atoms with Gasteiger partial charge in [0.25, 0.3) is 0 Å². The van der Waals surface area contributed by atoms with Crippen LogP contribution in [-0.2, 0) is 0 Å². The predicted molar refractivity (Wildman–Crippen MR) is 76.0 cm³/mol. The van der Waals surface area contributed by atoms with Crippen molar-refractivity contribution in [3.05, 3.63) is 54.7 Å². The standard InChI is InChI=1S/C14H13N5/c15-12-7-4-8-13(18-12)19-14-16-9-11(17-14)10-5-2-1-3-6-10/h1-9H,(H4,15,16,17,18,19). The molecule has 1 aromatic carbocycles. The molecule has 0 saturated heterocycles. The first-order chi connectivity index (χ1) is 9.31. The molecular weight excluding hydrogens is 238 g/mol.